The van der Waals surface area contributed by atoms with Crippen LogP contribution in [0.3, 0.4) is 0 Å². The lowest BCUT2D eigenvalue weighted by atomic mass is 10.1. The van der Waals surface area contributed by atoms with Crippen molar-refractivity contribution in [2.45, 2.75) is 26.9 Å². The molecule has 0 atom stereocenters. The molecule has 134 valence electrons. The van der Waals surface area contributed by atoms with Gasteiger partial charge in [-0.05, 0) is 56.7 Å². The quantitative estimate of drug-likeness (QED) is 0.756. The number of hydrogen-bond donors (Lipinski definition) is 0. The zero-order valence-corrected chi connectivity index (χ0v) is 15.4. The molecule has 0 aromatic heterocycles. The van der Waals surface area contributed by atoms with E-state index in [1.807, 2.05) is 75.4 Å². The summed E-state index contributed by atoms with van der Waals surface area (Å²) in [4.78, 5) is 12.8. The molecule has 0 N–H and O–H groups in total. The molecule has 5 nitrogen and oxygen atoms in total. The van der Waals surface area contributed by atoms with E-state index < -0.39 is 0 Å². The van der Waals surface area contributed by atoms with Crippen LogP contribution in [0, 0.1) is 0 Å². The van der Waals surface area contributed by atoms with Gasteiger partial charge in [-0.3, -0.25) is 4.79 Å². The number of para-hydroxylation sites is 1. The summed E-state index contributed by atoms with van der Waals surface area (Å²) < 4.78 is 11.1. The molecule has 0 radical (unpaired) electrons. The fourth-order valence-corrected chi connectivity index (χ4v) is 2.72. The maximum atomic E-state index is 12.8. The van der Waals surface area contributed by atoms with Gasteiger partial charge in [0.2, 0.25) is 0 Å². The Bertz CT molecular complexity index is 870. The van der Waals surface area contributed by atoms with Gasteiger partial charge in [0.15, 0.2) is 11.5 Å². The van der Waals surface area contributed by atoms with Crippen molar-refractivity contribution in [3.63, 3.8) is 0 Å². The smallest absolute Gasteiger partial charge is 0.280 e. The number of carbonyl (C=O) groups excluding carboxylic acids is 1. The molecule has 1 heterocycles. The normalized spacial score (nSPS) is 15.6. The third-order valence-electron chi connectivity index (χ3n) is 3.92. The largest absolute Gasteiger partial charge is 0.493 e. The number of nitrogens with zero attached hydrogens (tertiary/aromatic N) is 2. The Morgan fingerprint density at radius 1 is 1.08 bits per heavy atom. The summed E-state index contributed by atoms with van der Waals surface area (Å²) in [7, 11) is 1.60. The van der Waals surface area contributed by atoms with Crippen molar-refractivity contribution in [1.29, 1.82) is 0 Å². The number of ether oxygens (including phenoxy) is 2. The third kappa shape index (κ3) is 3.61. The first-order valence-corrected chi connectivity index (χ1v) is 8.51. The Morgan fingerprint density at radius 2 is 1.81 bits per heavy atom. The number of hydrazone groups is 1. The second-order valence-electron chi connectivity index (χ2n) is 6.27. The SMILES string of the molecule is COc1cc(/C=C2\C(=O)N(c3ccccc3)N=C2C)ccc1OC(C)C. The lowest BCUT2D eigenvalue weighted by molar-refractivity contribution is -0.114. The molecule has 0 unspecified atom stereocenters. The summed E-state index contributed by atoms with van der Waals surface area (Å²) in [5, 5.41) is 5.82. The van der Waals surface area contributed by atoms with Crippen molar-refractivity contribution in [1.82, 2.24) is 0 Å². The summed E-state index contributed by atoms with van der Waals surface area (Å²) in [6, 6.07) is 15.0. The number of benzene rings is 2. The van der Waals surface area contributed by atoms with E-state index in [2.05, 4.69) is 5.10 Å². The predicted octanol–water partition coefficient (Wildman–Crippen LogP) is 4.29. The fraction of sp³-hybridized carbons (Fsp3) is 0.238. The average molecular weight is 350 g/mol. The van der Waals surface area contributed by atoms with E-state index >= 15 is 0 Å². The third-order valence-corrected chi connectivity index (χ3v) is 3.92. The first-order valence-electron chi connectivity index (χ1n) is 8.51. The van der Waals surface area contributed by atoms with E-state index in [4.69, 9.17) is 9.47 Å². The molecule has 3 rings (SSSR count). The van der Waals surface area contributed by atoms with E-state index in [0.29, 0.717) is 22.8 Å². The van der Waals surface area contributed by atoms with E-state index in [0.717, 1.165) is 11.3 Å². The lowest BCUT2D eigenvalue weighted by Crippen LogP contribution is -2.21. The highest BCUT2D eigenvalue weighted by atomic mass is 16.5. The molecule has 1 amide bonds. The van der Waals surface area contributed by atoms with Crippen molar-refractivity contribution >= 4 is 23.4 Å². The molecule has 1 aliphatic rings. The first-order chi connectivity index (χ1) is 12.5. The minimum atomic E-state index is -0.143. The standard InChI is InChI=1S/C21H22N2O3/c1-14(2)26-19-11-10-16(13-20(19)25-4)12-18-15(3)22-23(21(18)24)17-8-6-5-7-9-17/h5-14H,1-4H3/b18-12-. The molecule has 0 spiro atoms. The van der Waals surface area contributed by atoms with Crippen LogP contribution in [-0.4, -0.2) is 24.8 Å². The number of methoxy groups -OCH3 is 1. The molecule has 2 aromatic rings. The van der Waals surface area contributed by atoms with Crippen LogP contribution in [0.2, 0.25) is 0 Å². The summed E-state index contributed by atoms with van der Waals surface area (Å²) in [6.07, 6.45) is 1.88. The second-order valence-corrected chi connectivity index (χ2v) is 6.27. The van der Waals surface area contributed by atoms with Gasteiger partial charge in [-0.1, -0.05) is 24.3 Å². The van der Waals surface area contributed by atoms with Crippen LogP contribution in [0.1, 0.15) is 26.3 Å². The lowest BCUT2D eigenvalue weighted by Gasteiger charge is -2.14. The topological polar surface area (TPSA) is 51.1 Å². The molecule has 2 aromatic carbocycles. The molecular formula is C21H22N2O3. The Balaban J connectivity index is 1.91. The highest BCUT2D eigenvalue weighted by Crippen LogP contribution is 2.31. The number of anilines is 1. The first kappa shape index (κ1) is 17.7. The fourth-order valence-electron chi connectivity index (χ4n) is 2.72. The minimum Gasteiger partial charge on any atom is -0.493 e. The molecule has 0 saturated carbocycles. The van der Waals surface area contributed by atoms with Crippen molar-refractivity contribution in [2.75, 3.05) is 12.1 Å². The molecule has 0 aliphatic carbocycles. The number of carbonyl (C=O) groups is 1. The average Bonchev–Trinajstić information content (AvgIpc) is 2.91. The van der Waals surface area contributed by atoms with Crippen LogP contribution in [0.4, 0.5) is 5.69 Å². The highest BCUT2D eigenvalue weighted by Gasteiger charge is 2.28. The van der Waals surface area contributed by atoms with E-state index in [9.17, 15) is 4.79 Å². The van der Waals surface area contributed by atoms with Gasteiger partial charge in [-0.15, -0.1) is 0 Å². The molecule has 26 heavy (non-hydrogen) atoms. The molecule has 0 fully saturated rings. The van der Waals surface area contributed by atoms with Gasteiger partial charge in [0.05, 0.1) is 30.2 Å². The Hall–Kier alpha value is -3.08. The monoisotopic (exact) mass is 350 g/mol. The molecule has 0 saturated heterocycles. The van der Waals surface area contributed by atoms with E-state index in [1.54, 1.807) is 7.11 Å². The minimum absolute atomic E-state index is 0.0540. The van der Waals surface area contributed by atoms with Crippen LogP contribution < -0.4 is 14.5 Å². The van der Waals surface area contributed by atoms with Gasteiger partial charge >= 0.3 is 0 Å². The van der Waals surface area contributed by atoms with Crippen LogP contribution in [0.25, 0.3) is 6.08 Å². The van der Waals surface area contributed by atoms with E-state index in [1.165, 1.54) is 5.01 Å². The van der Waals surface area contributed by atoms with E-state index in [-0.39, 0.29) is 12.0 Å². The van der Waals surface area contributed by atoms with Gasteiger partial charge in [-0.25, -0.2) is 0 Å². The molecule has 0 bridgehead atoms. The van der Waals surface area contributed by atoms with Gasteiger partial charge in [0, 0.05) is 0 Å². The highest BCUT2D eigenvalue weighted by molar-refractivity contribution is 6.32. The Morgan fingerprint density at radius 3 is 2.46 bits per heavy atom. The number of hydrogen-bond acceptors (Lipinski definition) is 4. The molecule has 1 aliphatic heterocycles. The molecule has 5 heteroatoms. The summed E-state index contributed by atoms with van der Waals surface area (Å²) in [5.41, 5.74) is 2.85. The predicted molar refractivity (Wildman–Crippen MR) is 104 cm³/mol. The maximum Gasteiger partial charge on any atom is 0.280 e. The van der Waals surface area contributed by atoms with Crippen LogP contribution in [0.5, 0.6) is 11.5 Å². The summed E-state index contributed by atoms with van der Waals surface area (Å²) in [6.45, 7) is 5.76. The van der Waals surface area contributed by atoms with Gasteiger partial charge in [0.25, 0.3) is 5.91 Å². The second kappa shape index (κ2) is 7.44. The zero-order chi connectivity index (χ0) is 18.7. The van der Waals surface area contributed by atoms with Gasteiger partial charge < -0.3 is 9.47 Å². The summed E-state index contributed by atoms with van der Waals surface area (Å²) >= 11 is 0. The van der Waals surface area contributed by atoms with Crippen molar-refractivity contribution in [3.8, 4) is 11.5 Å². The van der Waals surface area contributed by atoms with Crippen molar-refractivity contribution in [2.24, 2.45) is 5.10 Å². The van der Waals surface area contributed by atoms with Crippen LogP contribution >= 0.6 is 0 Å². The Labute approximate surface area is 153 Å². The van der Waals surface area contributed by atoms with Crippen molar-refractivity contribution < 1.29 is 14.3 Å². The number of rotatable bonds is 5. The van der Waals surface area contributed by atoms with Gasteiger partial charge in [-0.2, -0.15) is 10.1 Å². The van der Waals surface area contributed by atoms with Gasteiger partial charge in [0.1, 0.15) is 0 Å². The summed E-state index contributed by atoms with van der Waals surface area (Å²) in [5.74, 6) is 1.17. The van der Waals surface area contributed by atoms with Crippen LogP contribution in [0.15, 0.2) is 59.2 Å². The Kier molecular flexibility index (Phi) is 5.07. The number of amides is 1. The molecular weight excluding hydrogens is 328 g/mol. The van der Waals surface area contributed by atoms with Crippen molar-refractivity contribution in [3.05, 3.63) is 59.7 Å². The van der Waals surface area contributed by atoms with Crippen LogP contribution in [-0.2, 0) is 4.79 Å². The zero-order valence-electron chi connectivity index (χ0n) is 15.4. The maximum absolute atomic E-state index is 12.8.